The summed E-state index contributed by atoms with van der Waals surface area (Å²) >= 11 is 3.41. The van der Waals surface area contributed by atoms with Crippen LogP contribution in [0.3, 0.4) is 0 Å². The maximum atomic E-state index is 4.40. The highest BCUT2D eigenvalue weighted by atomic mass is 79.9. The highest BCUT2D eigenvalue weighted by molar-refractivity contribution is 9.10. The van der Waals surface area contributed by atoms with Gasteiger partial charge in [-0.2, -0.15) is 0 Å². The summed E-state index contributed by atoms with van der Waals surface area (Å²) in [5, 5.41) is 3.58. The first-order valence-corrected chi connectivity index (χ1v) is 7.06. The molecule has 1 atom stereocenters. The van der Waals surface area contributed by atoms with Gasteiger partial charge in [-0.3, -0.25) is 9.88 Å². The number of hydrogen-bond acceptors (Lipinski definition) is 3. The molecule has 1 aliphatic heterocycles. The first-order chi connectivity index (χ1) is 8.24. The number of halogens is 1. The molecule has 1 saturated heterocycles. The van der Waals surface area contributed by atoms with Crippen LogP contribution >= 0.6 is 15.9 Å². The van der Waals surface area contributed by atoms with Gasteiger partial charge >= 0.3 is 0 Å². The van der Waals surface area contributed by atoms with E-state index in [2.05, 4.69) is 50.3 Å². The largest absolute Gasteiger partial charge is 0.313 e. The summed E-state index contributed by atoms with van der Waals surface area (Å²) in [5.74, 6) is 0. The quantitative estimate of drug-likeness (QED) is 0.925. The van der Waals surface area contributed by atoms with Gasteiger partial charge in [-0.05, 0) is 54.5 Å². The molecule has 0 aromatic carbocycles. The summed E-state index contributed by atoms with van der Waals surface area (Å²) in [5.41, 5.74) is 1.13. The number of rotatable bonds is 4. The number of nitrogens with zero attached hydrogens (tertiary/aromatic N) is 2. The lowest BCUT2D eigenvalue weighted by Crippen LogP contribution is -2.42. The van der Waals surface area contributed by atoms with Crippen molar-refractivity contribution < 1.29 is 0 Å². The molecule has 1 aliphatic rings. The van der Waals surface area contributed by atoms with Crippen LogP contribution in [0, 0.1) is 0 Å². The Hall–Kier alpha value is -0.450. The average molecular weight is 298 g/mol. The van der Waals surface area contributed by atoms with Gasteiger partial charge in [0.1, 0.15) is 0 Å². The topological polar surface area (TPSA) is 28.2 Å². The van der Waals surface area contributed by atoms with E-state index in [9.17, 15) is 0 Å². The van der Waals surface area contributed by atoms with E-state index in [1.54, 1.807) is 0 Å². The van der Waals surface area contributed by atoms with Gasteiger partial charge in [0.2, 0.25) is 0 Å². The molecule has 2 heterocycles. The highest BCUT2D eigenvalue weighted by Gasteiger charge is 2.14. The Labute approximate surface area is 112 Å². The molecule has 3 nitrogen and oxygen atoms in total. The summed E-state index contributed by atoms with van der Waals surface area (Å²) in [6, 6.07) is 4.79. The van der Waals surface area contributed by atoms with Gasteiger partial charge in [0.25, 0.3) is 0 Å². The molecule has 2 rings (SSSR count). The number of likely N-dealkylation sites (N-methyl/N-ethyl adjacent to an activating group) is 1. The molecule has 0 radical (unpaired) electrons. The average Bonchev–Trinajstić information content (AvgIpc) is 2.33. The number of hydrogen-bond donors (Lipinski definition) is 1. The van der Waals surface area contributed by atoms with Crippen LogP contribution in [-0.2, 0) is 6.54 Å². The Kier molecular flexibility index (Phi) is 4.95. The number of nitrogens with one attached hydrogen (secondary N) is 1. The van der Waals surface area contributed by atoms with Crippen molar-refractivity contribution in [2.24, 2.45) is 0 Å². The van der Waals surface area contributed by atoms with Crippen molar-refractivity contribution in [1.29, 1.82) is 0 Å². The van der Waals surface area contributed by atoms with Crippen LogP contribution in [0.5, 0.6) is 0 Å². The Balaban J connectivity index is 1.79. The number of aromatic nitrogens is 1. The van der Waals surface area contributed by atoms with E-state index < -0.39 is 0 Å². The molecule has 1 aromatic heterocycles. The highest BCUT2D eigenvalue weighted by Crippen LogP contribution is 2.11. The maximum absolute atomic E-state index is 4.40. The van der Waals surface area contributed by atoms with Gasteiger partial charge in [0, 0.05) is 29.8 Å². The number of piperidine rings is 1. The third kappa shape index (κ3) is 4.37. The molecular formula is C13H20BrN3. The van der Waals surface area contributed by atoms with Crippen molar-refractivity contribution in [2.75, 3.05) is 20.1 Å². The van der Waals surface area contributed by atoms with Gasteiger partial charge < -0.3 is 5.32 Å². The van der Waals surface area contributed by atoms with Crippen LogP contribution < -0.4 is 5.32 Å². The van der Waals surface area contributed by atoms with E-state index in [1.165, 1.54) is 25.8 Å². The van der Waals surface area contributed by atoms with E-state index in [4.69, 9.17) is 0 Å². The first-order valence-electron chi connectivity index (χ1n) is 6.26. The molecule has 0 saturated carbocycles. The maximum Gasteiger partial charge on any atom is 0.0544 e. The van der Waals surface area contributed by atoms with Crippen LogP contribution in [0.4, 0.5) is 0 Å². The zero-order chi connectivity index (χ0) is 12.1. The van der Waals surface area contributed by atoms with Gasteiger partial charge in [0.15, 0.2) is 0 Å². The molecule has 0 bridgehead atoms. The zero-order valence-electron chi connectivity index (χ0n) is 10.3. The Morgan fingerprint density at radius 3 is 3.00 bits per heavy atom. The second-order valence-electron chi connectivity index (χ2n) is 4.81. The molecule has 94 valence electrons. The van der Waals surface area contributed by atoms with Crippen molar-refractivity contribution in [3.05, 3.63) is 28.5 Å². The van der Waals surface area contributed by atoms with Gasteiger partial charge in [-0.25, -0.2) is 0 Å². The van der Waals surface area contributed by atoms with Crippen molar-refractivity contribution in [1.82, 2.24) is 15.2 Å². The van der Waals surface area contributed by atoms with E-state index >= 15 is 0 Å². The zero-order valence-corrected chi connectivity index (χ0v) is 11.9. The normalized spacial score (nSPS) is 20.8. The molecule has 1 fully saturated rings. The molecule has 0 aliphatic carbocycles. The minimum atomic E-state index is 0.657. The second-order valence-corrected chi connectivity index (χ2v) is 5.73. The lowest BCUT2D eigenvalue weighted by molar-refractivity contribution is 0.254. The molecule has 1 aromatic rings. The van der Waals surface area contributed by atoms with Gasteiger partial charge in [-0.15, -0.1) is 0 Å². The van der Waals surface area contributed by atoms with Crippen molar-refractivity contribution in [2.45, 2.75) is 31.8 Å². The lowest BCUT2D eigenvalue weighted by atomic mass is 10.0. The summed E-state index contributed by atoms with van der Waals surface area (Å²) in [6.45, 7) is 3.21. The van der Waals surface area contributed by atoms with Crippen LogP contribution in [0.25, 0.3) is 0 Å². The second kappa shape index (κ2) is 6.47. The lowest BCUT2D eigenvalue weighted by Gasteiger charge is -2.28. The fourth-order valence-electron chi connectivity index (χ4n) is 2.30. The van der Waals surface area contributed by atoms with Crippen molar-refractivity contribution >= 4 is 15.9 Å². The number of pyridine rings is 1. The van der Waals surface area contributed by atoms with Crippen LogP contribution in [-0.4, -0.2) is 36.1 Å². The Bertz CT molecular complexity index is 333. The Morgan fingerprint density at radius 2 is 2.35 bits per heavy atom. The fraction of sp³-hybridized carbons (Fsp3) is 0.615. The van der Waals surface area contributed by atoms with Crippen LogP contribution in [0.15, 0.2) is 22.8 Å². The molecule has 0 amide bonds. The smallest absolute Gasteiger partial charge is 0.0544 e. The molecule has 1 unspecified atom stereocenters. The minimum absolute atomic E-state index is 0.657. The van der Waals surface area contributed by atoms with Crippen molar-refractivity contribution in [3.8, 4) is 0 Å². The Morgan fingerprint density at radius 1 is 1.47 bits per heavy atom. The summed E-state index contributed by atoms with van der Waals surface area (Å²) in [6.07, 6.45) is 5.86. The molecule has 0 spiro atoms. The monoisotopic (exact) mass is 297 g/mol. The van der Waals surface area contributed by atoms with Gasteiger partial charge in [0.05, 0.1) is 5.69 Å². The standard InChI is InChI=1S/C13H20BrN3/c1-17(9-12-4-2-3-7-15-12)10-13-6-5-11(14)8-16-13/h5-6,8,12,15H,2-4,7,9-10H2,1H3. The van der Waals surface area contributed by atoms with E-state index in [1.807, 2.05) is 6.20 Å². The fourth-order valence-corrected chi connectivity index (χ4v) is 2.53. The molecular weight excluding hydrogens is 278 g/mol. The molecule has 1 N–H and O–H groups in total. The van der Waals surface area contributed by atoms with Crippen molar-refractivity contribution in [3.63, 3.8) is 0 Å². The summed E-state index contributed by atoms with van der Waals surface area (Å²) in [7, 11) is 2.17. The van der Waals surface area contributed by atoms with Crippen LogP contribution in [0.1, 0.15) is 25.0 Å². The first kappa shape index (κ1) is 13.0. The SMILES string of the molecule is CN(Cc1ccc(Br)cn1)CC1CCCCN1. The predicted molar refractivity (Wildman–Crippen MR) is 73.9 cm³/mol. The van der Waals surface area contributed by atoms with Crippen LogP contribution in [0.2, 0.25) is 0 Å². The van der Waals surface area contributed by atoms with Gasteiger partial charge in [-0.1, -0.05) is 6.42 Å². The van der Waals surface area contributed by atoms with E-state index in [0.29, 0.717) is 6.04 Å². The van der Waals surface area contributed by atoms with E-state index in [0.717, 1.165) is 23.3 Å². The summed E-state index contributed by atoms with van der Waals surface area (Å²) in [4.78, 5) is 6.75. The minimum Gasteiger partial charge on any atom is -0.313 e. The molecule has 4 heteroatoms. The third-order valence-corrected chi connectivity index (χ3v) is 3.63. The third-order valence-electron chi connectivity index (χ3n) is 3.16. The molecule has 17 heavy (non-hydrogen) atoms. The summed E-state index contributed by atoms with van der Waals surface area (Å²) < 4.78 is 1.04. The predicted octanol–water partition coefficient (Wildman–Crippen LogP) is 2.42. The van der Waals surface area contributed by atoms with E-state index in [-0.39, 0.29) is 0 Å².